The summed E-state index contributed by atoms with van der Waals surface area (Å²) in [6.07, 6.45) is 1.70. The Kier molecular flexibility index (Phi) is 3.91. The van der Waals surface area contributed by atoms with Gasteiger partial charge in [-0.1, -0.05) is 0 Å². The molecule has 1 N–H and O–H groups in total. The molecule has 122 valence electrons. The number of benzene rings is 2. The summed E-state index contributed by atoms with van der Waals surface area (Å²) in [5.74, 6) is 0.567. The van der Waals surface area contributed by atoms with E-state index in [-0.39, 0.29) is 11.6 Å². The van der Waals surface area contributed by atoms with Crippen LogP contribution in [0.4, 0.5) is 17.1 Å². The zero-order chi connectivity index (χ0) is 17.3. The fourth-order valence-corrected chi connectivity index (χ4v) is 2.52. The van der Waals surface area contributed by atoms with Crippen molar-refractivity contribution in [1.29, 1.82) is 0 Å². The SMILES string of the molecule is COc1ccc2c(c1)c(Nc1ccc([N+](=O)[O-])cc1)cn2C(C)=O. The minimum absolute atomic E-state index is 0.0217. The van der Waals surface area contributed by atoms with Crippen LogP contribution in [0.3, 0.4) is 0 Å². The van der Waals surface area contributed by atoms with Crippen molar-refractivity contribution in [3.05, 3.63) is 58.8 Å². The second-order valence-corrected chi connectivity index (χ2v) is 5.24. The Bertz CT molecular complexity index is 929. The van der Waals surface area contributed by atoms with Gasteiger partial charge < -0.3 is 10.1 Å². The maximum Gasteiger partial charge on any atom is 0.269 e. The molecule has 3 rings (SSSR count). The minimum Gasteiger partial charge on any atom is -0.497 e. The van der Waals surface area contributed by atoms with Crippen LogP contribution < -0.4 is 10.1 Å². The standard InChI is InChI=1S/C17H15N3O4/c1-11(21)19-10-16(15-9-14(24-2)7-8-17(15)19)18-12-3-5-13(6-4-12)20(22)23/h3-10,18H,1-2H3. The first kappa shape index (κ1) is 15.5. The molecule has 1 heterocycles. The maximum absolute atomic E-state index is 11.8. The molecule has 3 aromatic rings. The molecule has 0 radical (unpaired) electrons. The fourth-order valence-electron chi connectivity index (χ4n) is 2.52. The largest absolute Gasteiger partial charge is 0.497 e. The molecule has 0 saturated heterocycles. The number of methoxy groups -OCH3 is 1. The Morgan fingerprint density at radius 3 is 2.50 bits per heavy atom. The highest BCUT2D eigenvalue weighted by Crippen LogP contribution is 2.32. The average molecular weight is 325 g/mol. The number of nitro benzene ring substituents is 1. The quantitative estimate of drug-likeness (QED) is 0.579. The molecule has 0 unspecified atom stereocenters. The van der Waals surface area contributed by atoms with Crippen LogP contribution in [-0.4, -0.2) is 22.5 Å². The van der Waals surface area contributed by atoms with Gasteiger partial charge in [-0.05, 0) is 30.3 Å². The van der Waals surface area contributed by atoms with Gasteiger partial charge >= 0.3 is 0 Å². The lowest BCUT2D eigenvalue weighted by Crippen LogP contribution is -2.02. The predicted octanol–water partition coefficient (Wildman–Crippen LogP) is 3.96. The Morgan fingerprint density at radius 1 is 1.21 bits per heavy atom. The lowest BCUT2D eigenvalue weighted by molar-refractivity contribution is -0.384. The number of ether oxygens (including phenoxy) is 1. The topological polar surface area (TPSA) is 86.4 Å². The van der Waals surface area contributed by atoms with E-state index in [1.54, 1.807) is 36.1 Å². The molecular formula is C17H15N3O4. The lowest BCUT2D eigenvalue weighted by atomic mass is 10.2. The fraction of sp³-hybridized carbons (Fsp3) is 0.118. The van der Waals surface area contributed by atoms with Gasteiger partial charge in [0.1, 0.15) is 5.75 Å². The van der Waals surface area contributed by atoms with Gasteiger partial charge in [0, 0.05) is 36.3 Å². The highest BCUT2D eigenvalue weighted by atomic mass is 16.6. The van der Waals surface area contributed by atoms with Gasteiger partial charge in [-0.2, -0.15) is 0 Å². The Morgan fingerprint density at radius 2 is 1.92 bits per heavy atom. The molecule has 0 aliphatic rings. The van der Waals surface area contributed by atoms with E-state index in [1.807, 2.05) is 12.1 Å². The van der Waals surface area contributed by atoms with Crippen molar-refractivity contribution in [2.75, 3.05) is 12.4 Å². The first-order chi connectivity index (χ1) is 11.5. The zero-order valence-electron chi connectivity index (χ0n) is 13.1. The summed E-state index contributed by atoms with van der Waals surface area (Å²) >= 11 is 0. The van der Waals surface area contributed by atoms with Crippen molar-refractivity contribution in [3.8, 4) is 5.75 Å². The number of carbonyl (C=O) groups is 1. The normalized spacial score (nSPS) is 10.6. The number of aromatic nitrogens is 1. The number of fused-ring (bicyclic) bond motifs is 1. The van der Waals surface area contributed by atoms with E-state index in [1.165, 1.54) is 19.1 Å². The predicted molar refractivity (Wildman–Crippen MR) is 91.2 cm³/mol. The van der Waals surface area contributed by atoms with Gasteiger partial charge in [0.2, 0.25) is 5.91 Å². The van der Waals surface area contributed by atoms with Gasteiger partial charge in [0.25, 0.3) is 5.69 Å². The number of rotatable bonds is 4. The second kappa shape index (κ2) is 6.04. The number of nitrogens with one attached hydrogen (secondary N) is 1. The highest BCUT2D eigenvalue weighted by molar-refractivity contribution is 6.01. The van der Waals surface area contributed by atoms with Crippen molar-refractivity contribution in [2.24, 2.45) is 0 Å². The number of carbonyl (C=O) groups excluding carboxylic acids is 1. The number of hydrogen-bond acceptors (Lipinski definition) is 5. The third kappa shape index (κ3) is 2.79. The summed E-state index contributed by atoms with van der Waals surface area (Å²) in [6, 6.07) is 11.5. The number of nitro groups is 1. The van der Waals surface area contributed by atoms with E-state index < -0.39 is 4.92 Å². The molecule has 0 spiro atoms. The molecule has 0 fully saturated rings. The van der Waals surface area contributed by atoms with E-state index in [0.717, 1.165) is 10.9 Å². The van der Waals surface area contributed by atoms with Crippen LogP contribution in [0.5, 0.6) is 5.75 Å². The monoisotopic (exact) mass is 325 g/mol. The second-order valence-electron chi connectivity index (χ2n) is 5.24. The minimum atomic E-state index is -0.448. The van der Waals surface area contributed by atoms with Crippen LogP contribution in [-0.2, 0) is 0 Å². The molecule has 0 amide bonds. The summed E-state index contributed by atoms with van der Waals surface area (Å²) in [5, 5.41) is 14.7. The van der Waals surface area contributed by atoms with Gasteiger partial charge in [0.05, 0.1) is 23.2 Å². The average Bonchev–Trinajstić information content (AvgIpc) is 2.93. The van der Waals surface area contributed by atoms with Crippen LogP contribution in [0.2, 0.25) is 0 Å². The number of anilines is 2. The molecule has 0 aliphatic carbocycles. The summed E-state index contributed by atoms with van der Waals surface area (Å²) in [7, 11) is 1.58. The van der Waals surface area contributed by atoms with Crippen LogP contribution in [0, 0.1) is 10.1 Å². The smallest absolute Gasteiger partial charge is 0.269 e. The van der Waals surface area contributed by atoms with Crippen LogP contribution >= 0.6 is 0 Å². The van der Waals surface area contributed by atoms with Gasteiger partial charge in [-0.15, -0.1) is 0 Å². The molecule has 0 saturated carbocycles. The summed E-state index contributed by atoms with van der Waals surface area (Å²) in [6.45, 7) is 1.49. The first-order valence-electron chi connectivity index (χ1n) is 7.21. The van der Waals surface area contributed by atoms with Crippen LogP contribution in [0.15, 0.2) is 48.7 Å². The summed E-state index contributed by atoms with van der Waals surface area (Å²) in [5.41, 5.74) is 2.18. The number of hydrogen-bond donors (Lipinski definition) is 1. The number of non-ortho nitro benzene ring substituents is 1. The number of nitrogens with zero attached hydrogens (tertiary/aromatic N) is 2. The molecule has 0 aliphatic heterocycles. The lowest BCUT2D eigenvalue weighted by Gasteiger charge is -2.05. The maximum atomic E-state index is 11.8. The zero-order valence-corrected chi connectivity index (χ0v) is 13.1. The van der Waals surface area contributed by atoms with Crippen molar-refractivity contribution >= 4 is 33.9 Å². The molecule has 7 nitrogen and oxygen atoms in total. The van der Waals surface area contributed by atoms with Crippen molar-refractivity contribution in [1.82, 2.24) is 4.57 Å². The molecule has 7 heteroatoms. The molecule has 0 bridgehead atoms. The highest BCUT2D eigenvalue weighted by Gasteiger charge is 2.13. The molecular weight excluding hydrogens is 310 g/mol. The summed E-state index contributed by atoms with van der Waals surface area (Å²) < 4.78 is 6.79. The third-order valence-corrected chi connectivity index (χ3v) is 3.71. The first-order valence-corrected chi connectivity index (χ1v) is 7.21. The van der Waals surface area contributed by atoms with Crippen molar-refractivity contribution in [3.63, 3.8) is 0 Å². The van der Waals surface area contributed by atoms with Crippen LogP contribution in [0.25, 0.3) is 10.9 Å². The molecule has 2 aromatic carbocycles. The van der Waals surface area contributed by atoms with Crippen LogP contribution in [0.1, 0.15) is 11.7 Å². The Labute approximate surface area is 137 Å². The molecule has 0 atom stereocenters. The summed E-state index contributed by atoms with van der Waals surface area (Å²) in [4.78, 5) is 22.1. The van der Waals surface area contributed by atoms with Crippen molar-refractivity contribution < 1.29 is 14.5 Å². The van der Waals surface area contributed by atoms with Crippen molar-refractivity contribution in [2.45, 2.75) is 6.92 Å². The van der Waals surface area contributed by atoms with Gasteiger partial charge in [-0.3, -0.25) is 19.5 Å². The van der Waals surface area contributed by atoms with E-state index >= 15 is 0 Å². The van der Waals surface area contributed by atoms with Gasteiger partial charge in [-0.25, -0.2) is 0 Å². The van der Waals surface area contributed by atoms with E-state index in [9.17, 15) is 14.9 Å². The van der Waals surface area contributed by atoms with E-state index in [2.05, 4.69) is 5.32 Å². The third-order valence-electron chi connectivity index (χ3n) is 3.71. The Hall–Kier alpha value is -3.35. The van der Waals surface area contributed by atoms with Gasteiger partial charge in [0.15, 0.2) is 0 Å². The van der Waals surface area contributed by atoms with E-state index in [0.29, 0.717) is 17.1 Å². The van der Waals surface area contributed by atoms with E-state index in [4.69, 9.17) is 4.74 Å². The molecule has 24 heavy (non-hydrogen) atoms. The molecule has 1 aromatic heterocycles. The Balaban J connectivity index is 2.04.